The van der Waals surface area contributed by atoms with Crippen molar-refractivity contribution in [2.45, 2.75) is 24.8 Å². The van der Waals surface area contributed by atoms with Crippen molar-refractivity contribution < 1.29 is 0 Å². The number of benzene rings is 2. The second-order valence-electron chi connectivity index (χ2n) is 5.16. The molecule has 1 saturated carbocycles. The average Bonchev–Trinajstić information content (AvgIpc) is 3.30. The molecule has 0 heterocycles. The molecule has 0 spiro atoms. The Morgan fingerprint density at radius 3 is 2.50 bits per heavy atom. The normalized spacial score (nSPS) is 15.4. The van der Waals surface area contributed by atoms with Crippen molar-refractivity contribution in [3.8, 4) is 6.07 Å². The predicted molar refractivity (Wildman–Crippen MR) is 84.5 cm³/mol. The topological polar surface area (TPSA) is 35.8 Å². The minimum absolute atomic E-state index is 0.322. The summed E-state index contributed by atoms with van der Waals surface area (Å²) in [7, 11) is 0. The van der Waals surface area contributed by atoms with Gasteiger partial charge in [-0.1, -0.05) is 46.3 Å². The van der Waals surface area contributed by atoms with Gasteiger partial charge >= 0.3 is 0 Å². The second-order valence-corrected chi connectivity index (χ2v) is 6.07. The third kappa shape index (κ3) is 3.02. The quantitative estimate of drug-likeness (QED) is 0.857. The van der Waals surface area contributed by atoms with Gasteiger partial charge < -0.3 is 5.32 Å². The summed E-state index contributed by atoms with van der Waals surface area (Å²) < 4.78 is 1.00. The Balaban J connectivity index is 1.77. The van der Waals surface area contributed by atoms with E-state index in [2.05, 4.69) is 51.6 Å². The molecule has 0 aliphatic heterocycles. The van der Waals surface area contributed by atoms with E-state index in [1.807, 2.05) is 24.3 Å². The van der Waals surface area contributed by atoms with Gasteiger partial charge in [-0.25, -0.2) is 0 Å². The lowest BCUT2D eigenvalue weighted by Crippen LogP contribution is -2.08. The molecule has 1 N–H and O–H groups in total. The Bertz CT molecular complexity index is 639. The minimum atomic E-state index is -0.322. The lowest BCUT2D eigenvalue weighted by molar-refractivity contribution is 0.991. The Kier molecular flexibility index (Phi) is 3.75. The van der Waals surface area contributed by atoms with E-state index in [1.165, 1.54) is 18.4 Å². The molecule has 20 heavy (non-hydrogen) atoms. The number of hydrogen-bond acceptors (Lipinski definition) is 2. The van der Waals surface area contributed by atoms with E-state index in [0.29, 0.717) is 0 Å². The second kappa shape index (κ2) is 5.68. The molecule has 1 unspecified atom stereocenters. The fourth-order valence-corrected chi connectivity index (χ4v) is 2.71. The highest BCUT2D eigenvalue weighted by Crippen LogP contribution is 2.40. The number of nitriles is 1. The van der Waals surface area contributed by atoms with Crippen LogP contribution in [0.25, 0.3) is 0 Å². The van der Waals surface area contributed by atoms with E-state index in [-0.39, 0.29) is 6.04 Å². The van der Waals surface area contributed by atoms with Gasteiger partial charge in [0.15, 0.2) is 0 Å². The lowest BCUT2D eigenvalue weighted by Gasteiger charge is -2.14. The van der Waals surface area contributed by atoms with E-state index in [1.54, 1.807) is 0 Å². The van der Waals surface area contributed by atoms with Gasteiger partial charge in [-0.3, -0.25) is 0 Å². The standard InChI is InChI=1S/C17H15BrN2/c18-15-2-1-3-16(10-15)20-17(11-19)14-8-6-13(7-9-14)12-4-5-12/h1-3,6-10,12,17,20H,4-5H2. The zero-order chi connectivity index (χ0) is 13.9. The first-order chi connectivity index (χ1) is 9.76. The lowest BCUT2D eigenvalue weighted by atomic mass is 10.0. The molecule has 100 valence electrons. The highest BCUT2D eigenvalue weighted by molar-refractivity contribution is 9.10. The average molecular weight is 327 g/mol. The van der Waals surface area contributed by atoms with Gasteiger partial charge in [-0.2, -0.15) is 5.26 Å². The maximum absolute atomic E-state index is 9.38. The van der Waals surface area contributed by atoms with Crippen molar-refractivity contribution in [2.75, 3.05) is 5.32 Å². The van der Waals surface area contributed by atoms with E-state index >= 15 is 0 Å². The van der Waals surface area contributed by atoms with Crippen molar-refractivity contribution in [3.63, 3.8) is 0 Å². The van der Waals surface area contributed by atoms with Gasteiger partial charge in [0.05, 0.1) is 6.07 Å². The third-order valence-corrected chi connectivity index (χ3v) is 4.08. The summed E-state index contributed by atoms with van der Waals surface area (Å²) in [6, 6.07) is 18.3. The Morgan fingerprint density at radius 1 is 1.15 bits per heavy atom. The van der Waals surface area contributed by atoms with Gasteiger partial charge in [-0.05, 0) is 48.1 Å². The summed E-state index contributed by atoms with van der Waals surface area (Å²) in [5.41, 5.74) is 3.35. The van der Waals surface area contributed by atoms with Crippen LogP contribution in [-0.4, -0.2) is 0 Å². The van der Waals surface area contributed by atoms with Gasteiger partial charge in [0.1, 0.15) is 6.04 Å². The molecule has 0 amide bonds. The number of rotatable bonds is 4. The number of anilines is 1. The molecule has 2 aromatic rings. The zero-order valence-corrected chi connectivity index (χ0v) is 12.6. The highest BCUT2D eigenvalue weighted by Gasteiger charge is 2.23. The number of halogens is 1. The van der Waals surface area contributed by atoms with E-state index < -0.39 is 0 Å². The first kappa shape index (κ1) is 13.2. The van der Waals surface area contributed by atoms with E-state index in [0.717, 1.165) is 21.6 Å². The number of nitrogens with zero attached hydrogens (tertiary/aromatic N) is 1. The van der Waals surface area contributed by atoms with Crippen LogP contribution in [0.3, 0.4) is 0 Å². The van der Waals surface area contributed by atoms with Crippen LogP contribution in [0.15, 0.2) is 53.0 Å². The molecule has 2 nitrogen and oxygen atoms in total. The predicted octanol–water partition coefficient (Wildman–Crippen LogP) is 5.00. The van der Waals surface area contributed by atoms with Crippen molar-refractivity contribution in [3.05, 3.63) is 64.1 Å². The Morgan fingerprint density at radius 2 is 1.90 bits per heavy atom. The van der Waals surface area contributed by atoms with Crippen LogP contribution < -0.4 is 5.32 Å². The van der Waals surface area contributed by atoms with E-state index in [4.69, 9.17) is 0 Å². The molecule has 0 radical (unpaired) electrons. The summed E-state index contributed by atoms with van der Waals surface area (Å²) in [5.74, 6) is 0.752. The van der Waals surface area contributed by atoms with Crippen LogP contribution in [0, 0.1) is 11.3 Å². The first-order valence-corrected chi connectivity index (χ1v) is 7.57. The molecule has 1 aliphatic rings. The fourth-order valence-electron chi connectivity index (χ4n) is 2.31. The number of nitrogens with one attached hydrogen (secondary N) is 1. The molecule has 0 saturated heterocycles. The van der Waals surface area contributed by atoms with Crippen molar-refractivity contribution in [1.29, 1.82) is 5.26 Å². The van der Waals surface area contributed by atoms with Crippen molar-refractivity contribution in [1.82, 2.24) is 0 Å². The highest BCUT2D eigenvalue weighted by atomic mass is 79.9. The Hall–Kier alpha value is -1.79. The molecule has 0 bridgehead atoms. The largest absolute Gasteiger partial charge is 0.366 e. The molecule has 3 rings (SSSR count). The first-order valence-electron chi connectivity index (χ1n) is 6.78. The molecule has 0 aromatic heterocycles. The van der Waals surface area contributed by atoms with Crippen LogP contribution in [0.1, 0.15) is 35.9 Å². The molecule has 1 atom stereocenters. The van der Waals surface area contributed by atoms with Crippen LogP contribution in [0.4, 0.5) is 5.69 Å². The van der Waals surface area contributed by atoms with Gasteiger partial charge in [-0.15, -0.1) is 0 Å². The summed E-state index contributed by atoms with van der Waals surface area (Å²) in [6.45, 7) is 0. The van der Waals surface area contributed by atoms with Gasteiger partial charge in [0.2, 0.25) is 0 Å². The van der Waals surface area contributed by atoms with Gasteiger partial charge in [0.25, 0.3) is 0 Å². The molecule has 1 aliphatic carbocycles. The minimum Gasteiger partial charge on any atom is -0.366 e. The monoisotopic (exact) mass is 326 g/mol. The summed E-state index contributed by atoms with van der Waals surface area (Å²) in [6.07, 6.45) is 2.61. The molecular formula is C17H15BrN2. The molecular weight excluding hydrogens is 312 g/mol. The van der Waals surface area contributed by atoms with Crippen LogP contribution >= 0.6 is 15.9 Å². The SMILES string of the molecule is N#CC(Nc1cccc(Br)c1)c1ccc(C2CC2)cc1. The van der Waals surface area contributed by atoms with Crippen molar-refractivity contribution >= 4 is 21.6 Å². The van der Waals surface area contributed by atoms with Crippen LogP contribution in [0.2, 0.25) is 0 Å². The maximum Gasteiger partial charge on any atom is 0.140 e. The summed E-state index contributed by atoms with van der Waals surface area (Å²) in [5, 5.41) is 12.6. The summed E-state index contributed by atoms with van der Waals surface area (Å²) in [4.78, 5) is 0. The van der Waals surface area contributed by atoms with Crippen LogP contribution in [0.5, 0.6) is 0 Å². The smallest absolute Gasteiger partial charge is 0.140 e. The summed E-state index contributed by atoms with van der Waals surface area (Å²) >= 11 is 3.44. The van der Waals surface area contributed by atoms with Crippen molar-refractivity contribution in [2.24, 2.45) is 0 Å². The molecule has 3 heteroatoms. The third-order valence-electron chi connectivity index (χ3n) is 3.58. The molecule has 1 fully saturated rings. The Labute approximate surface area is 127 Å². The molecule has 2 aromatic carbocycles. The maximum atomic E-state index is 9.38. The fraction of sp³-hybridized carbons (Fsp3) is 0.235. The zero-order valence-electron chi connectivity index (χ0n) is 11.0. The van der Waals surface area contributed by atoms with E-state index in [9.17, 15) is 5.26 Å². The number of hydrogen-bond donors (Lipinski definition) is 1. The van der Waals surface area contributed by atoms with Crippen LogP contribution in [-0.2, 0) is 0 Å². The van der Waals surface area contributed by atoms with Gasteiger partial charge in [0, 0.05) is 10.2 Å².